The van der Waals surface area contributed by atoms with Crippen molar-refractivity contribution in [2.75, 3.05) is 0 Å². The van der Waals surface area contributed by atoms with Crippen LogP contribution in [0.2, 0.25) is 0 Å². The lowest BCUT2D eigenvalue weighted by molar-refractivity contribution is 0.637. The highest BCUT2D eigenvalue weighted by Crippen LogP contribution is 2.21. The molecule has 0 fully saturated rings. The summed E-state index contributed by atoms with van der Waals surface area (Å²) in [6.07, 6.45) is 7.03. The third-order valence-electron chi connectivity index (χ3n) is 2.08. The van der Waals surface area contributed by atoms with Gasteiger partial charge in [-0.3, -0.25) is 0 Å². The summed E-state index contributed by atoms with van der Waals surface area (Å²) in [5, 5.41) is 3.53. The lowest BCUT2D eigenvalue weighted by Crippen LogP contribution is -1.92. The minimum absolute atomic E-state index is 1.16. The highest BCUT2D eigenvalue weighted by Gasteiger charge is 1.97. The Morgan fingerprint density at radius 2 is 2.33 bits per heavy atom. The molecule has 2 aromatic rings. The first-order valence-corrected chi connectivity index (χ1v) is 5.31. The van der Waals surface area contributed by atoms with Gasteiger partial charge in [-0.15, -0.1) is 11.3 Å². The fourth-order valence-electron chi connectivity index (χ4n) is 1.38. The molecule has 2 aromatic heterocycles. The highest BCUT2D eigenvalue weighted by atomic mass is 32.1. The Morgan fingerprint density at radius 3 is 3.08 bits per heavy atom. The number of aromatic nitrogens is 1. The normalized spacial score (nSPS) is 11.1. The summed E-state index contributed by atoms with van der Waals surface area (Å²) in [7, 11) is 0. The number of unbranched alkanes of at least 4 members (excludes halogenated alkanes) is 1. The molecule has 0 saturated heterocycles. The van der Waals surface area contributed by atoms with Crippen LogP contribution in [0.15, 0.2) is 23.8 Å². The van der Waals surface area contributed by atoms with Crippen molar-refractivity contribution in [3.05, 3.63) is 23.8 Å². The summed E-state index contributed by atoms with van der Waals surface area (Å²) in [6, 6.07) is 2.18. The highest BCUT2D eigenvalue weighted by molar-refractivity contribution is 7.17. The van der Waals surface area contributed by atoms with Crippen LogP contribution in [0.4, 0.5) is 0 Å². The molecule has 1 nitrogen and oxygen atoms in total. The zero-order valence-electron chi connectivity index (χ0n) is 7.29. The quantitative estimate of drug-likeness (QED) is 0.679. The largest absolute Gasteiger partial charge is 0.352 e. The zero-order chi connectivity index (χ0) is 8.39. The summed E-state index contributed by atoms with van der Waals surface area (Å²) in [5.74, 6) is 0. The Balaban J connectivity index is 2.21. The Kier molecular flexibility index (Phi) is 2.17. The van der Waals surface area contributed by atoms with E-state index >= 15 is 0 Å². The average Bonchev–Trinajstić information content (AvgIpc) is 2.58. The molecule has 0 aliphatic rings. The van der Waals surface area contributed by atoms with Gasteiger partial charge in [0.05, 0.1) is 4.70 Å². The Bertz CT molecular complexity index is 330. The van der Waals surface area contributed by atoms with Gasteiger partial charge >= 0.3 is 0 Å². The van der Waals surface area contributed by atoms with Crippen molar-refractivity contribution < 1.29 is 0 Å². The number of aryl methyl sites for hydroxylation is 1. The number of fused-ring (bicyclic) bond motifs is 1. The number of thiophene rings is 1. The molecule has 2 heteroatoms. The maximum Gasteiger partial charge on any atom is 0.0519 e. The first kappa shape index (κ1) is 7.87. The van der Waals surface area contributed by atoms with Gasteiger partial charge in [-0.1, -0.05) is 13.3 Å². The van der Waals surface area contributed by atoms with E-state index in [4.69, 9.17) is 0 Å². The smallest absolute Gasteiger partial charge is 0.0519 e. The second kappa shape index (κ2) is 3.31. The summed E-state index contributed by atoms with van der Waals surface area (Å²) in [5.41, 5.74) is 0. The van der Waals surface area contributed by atoms with Crippen molar-refractivity contribution in [2.45, 2.75) is 26.3 Å². The van der Waals surface area contributed by atoms with E-state index in [0.717, 1.165) is 6.54 Å². The van der Waals surface area contributed by atoms with Crippen LogP contribution in [0.25, 0.3) is 10.1 Å². The van der Waals surface area contributed by atoms with Crippen LogP contribution in [0.5, 0.6) is 0 Å². The maximum atomic E-state index is 2.30. The number of hydrogen-bond donors (Lipinski definition) is 0. The van der Waals surface area contributed by atoms with E-state index in [0.29, 0.717) is 0 Å². The summed E-state index contributed by atoms with van der Waals surface area (Å²) in [6.45, 7) is 3.39. The fourth-order valence-corrected chi connectivity index (χ4v) is 2.19. The maximum absolute atomic E-state index is 2.30. The number of nitrogens with zero attached hydrogens (tertiary/aromatic N) is 1. The van der Waals surface area contributed by atoms with Gasteiger partial charge in [0, 0.05) is 24.3 Å². The minimum Gasteiger partial charge on any atom is -0.352 e. The van der Waals surface area contributed by atoms with Crippen LogP contribution >= 0.6 is 11.3 Å². The number of hydrogen-bond acceptors (Lipinski definition) is 1. The molecule has 0 unspecified atom stereocenters. The second-order valence-electron chi connectivity index (χ2n) is 3.09. The van der Waals surface area contributed by atoms with Crippen molar-refractivity contribution in [3.63, 3.8) is 0 Å². The molecule has 64 valence electrons. The molecular formula is C10H13NS. The van der Waals surface area contributed by atoms with E-state index in [-0.39, 0.29) is 0 Å². The Hall–Kier alpha value is -0.760. The van der Waals surface area contributed by atoms with Gasteiger partial charge in [-0.25, -0.2) is 0 Å². The van der Waals surface area contributed by atoms with Gasteiger partial charge < -0.3 is 4.57 Å². The van der Waals surface area contributed by atoms with Crippen LogP contribution in [-0.4, -0.2) is 4.57 Å². The van der Waals surface area contributed by atoms with E-state index in [2.05, 4.69) is 35.3 Å². The third kappa shape index (κ3) is 1.39. The minimum atomic E-state index is 1.16. The van der Waals surface area contributed by atoms with Gasteiger partial charge in [-0.05, 0) is 17.9 Å². The van der Waals surface area contributed by atoms with E-state index in [9.17, 15) is 0 Å². The number of rotatable bonds is 3. The molecule has 2 rings (SSSR count). The van der Waals surface area contributed by atoms with Gasteiger partial charge in [0.25, 0.3) is 0 Å². The van der Waals surface area contributed by atoms with E-state index in [1.54, 1.807) is 0 Å². The zero-order valence-corrected chi connectivity index (χ0v) is 8.10. The summed E-state index contributed by atoms with van der Waals surface area (Å²) >= 11 is 1.82. The lowest BCUT2D eigenvalue weighted by Gasteiger charge is -1.98. The molecule has 0 N–H and O–H groups in total. The summed E-state index contributed by atoms with van der Waals surface area (Å²) in [4.78, 5) is 0. The first-order valence-electron chi connectivity index (χ1n) is 4.43. The van der Waals surface area contributed by atoms with Crippen LogP contribution in [-0.2, 0) is 6.54 Å². The van der Waals surface area contributed by atoms with E-state index in [1.165, 1.54) is 22.9 Å². The fraction of sp³-hybridized carbons (Fsp3) is 0.400. The SMILES string of the molecule is CCCCn1cc2ccsc2c1. The molecule has 0 saturated carbocycles. The predicted octanol–water partition coefficient (Wildman–Crippen LogP) is 3.50. The van der Waals surface area contributed by atoms with Gasteiger partial charge in [0.2, 0.25) is 0 Å². The first-order chi connectivity index (χ1) is 5.90. The molecule has 0 aliphatic carbocycles. The summed E-state index contributed by atoms with van der Waals surface area (Å²) < 4.78 is 3.70. The molecule has 0 radical (unpaired) electrons. The molecule has 0 atom stereocenters. The average molecular weight is 179 g/mol. The topological polar surface area (TPSA) is 4.93 Å². The van der Waals surface area contributed by atoms with Crippen molar-refractivity contribution in [1.82, 2.24) is 4.57 Å². The van der Waals surface area contributed by atoms with Crippen LogP contribution in [0.3, 0.4) is 0 Å². The Labute approximate surface area is 76.6 Å². The predicted molar refractivity (Wildman–Crippen MR) is 54.7 cm³/mol. The molecule has 0 aromatic carbocycles. The lowest BCUT2D eigenvalue weighted by atomic mass is 10.3. The molecule has 0 spiro atoms. The third-order valence-corrected chi connectivity index (χ3v) is 2.95. The van der Waals surface area contributed by atoms with Crippen LogP contribution in [0, 0.1) is 0 Å². The monoisotopic (exact) mass is 179 g/mol. The van der Waals surface area contributed by atoms with E-state index in [1.807, 2.05) is 11.3 Å². The van der Waals surface area contributed by atoms with Crippen LogP contribution < -0.4 is 0 Å². The molecule has 2 heterocycles. The molecule has 12 heavy (non-hydrogen) atoms. The second-order valence-corrected chi connectivity index (χ2v) is 4.04. The van der Waals surface area contributed by atoms with Crippen molar-refractivity contribution in [3.8, 4) is 0 Å². The van der Waals surface area contributed by atoms with Gasteiger partial charge in [0.15, 0.2) is 0 Å². The van der Waals surface area contributed by atoms with Crippen molar-refractivity contribution in [1.29, 1.82) is 0 Å². The molecular weight excluding hydrogens is 166 g/mol. The van der Waals surface area contributed by atoms with E-state index < -0.39 is 0 Å². The molecule has 0 amide bonds. The van der Waals surface area contributed by atoms with Crippen molar-refractivity contribution in [2.24, 2.45) is 0 Å². The molecule has 0 aliphatic heterocycles. The van der Waals surface area contributed by atoms with Gasteiger partial charge in [0.1, 0.15) is 0 Å². The van der Waals surface area contributed by atoms with Crippen molar-refractivity contribution >= 4 is 21.4 Å². The Morgan fingerprint density at radius 1 is 1.42 bits per heavy atom. The van der Waals surface area contributed by atoms with Gasteiger partial charge in [-0.2, -0.15) is 0 Å². The van der Waals surface area contributed by atoms with Crippen LogP contribution in [0.1, 0.15) is 19.8 Å². The standard InChI is InChI=1S/C10H13NS/c1-2-3-5-11-7-9-4-6-12-10(9)8-11/h4,6-8H,2-3,5H2,1H3. The molecule has 0 bridgehead atoms.